The van der Waals surface area contributed by atoms with Crippen molar-refractivity contribution in [1.82, 2.24) is 24.4 Å². The fraction of sp³-hybridized carbons (Fsp3) is 0.421. The molecule has 136 valence electrons. The summed E-state index contributed by atoms with van der Waals surface area (Å²) < 4.78 is 7.57. The molecule has 0 radical (unpaired) electrons. The van der Waals surface area contributed by atoms with Gasteiger partial charge in [-0.1, -0.05) is 0 Å². The summed E-state index contributed by atoms with van der Waals surface area (Å²) in [5.41, 5.74) is 4.36. The molecule has 7 heteroatoms. The summed E-state index contributed by atoms with van der Waals surface area (Å²) in [6.07, 6.45) is 5.24. The summed E-state index contributed by atoms with van der Waals surface area (Å²) >= 11 is 0. The molecular formula is C19H24N6O. The summed E-state index contributed by atoms with van der Waals surface area (Å²) in [7, 11) is 0. The average molecular weight is 352 g/mol. The zero-order valence-electron chi connectivity index (χ0n) is 15.3. The van der Waals surface area contributed by atoms with E-state index >= 15 is 0 Å². The molecule has 3 aromatic heterocycles. The molecule has 1 aliphatic heterocycles. The van der Waals surface area contributed by atoms with Gasteiger partial charge in [0.05, 0.1) is 24.3 Å². The highest BCUT2D eigenvalue weighted by Gasteiger charge is 2.17. The fourth-order valence-electron chi connectivity index (χ4n) is 3.50. The van der Waals surface area contributed by atoms with E-state index in [1.165, 1.54) is 11.3 Å². The van der Waals surface area contributed by atoms with Gasteiger partial charge in [0.2, 0.25) is 0 Å². The van der Waals surface area contributed by atoms with Gasteiger partial charge in [-0.15, -0.1) is 0 Å². The first-order valence-electron chi connectivity index (χ1n) is 9.02. The Hall–Kier alpha value is -2.51. The molecule has 0 aromatic carbocycles. The number of rotatable bonds is 5. The van der Waals surface area contributed by atoms with Crippen molar-refractivity contribution in [1.29, 1.82) is 0 Å². The topological polar surface area (TPSA) is 68.1 Å². The SMILES string of the molecule is Cc1c(C)n(-c2ccncc2)c2ncnc(NCCN3CCOCC3)c12. The van der Waals surface area contributed by atoms with Gasteiger partial charge in [0.15, 0.2) is 5.65 Å². The van der Waals surface area contributed by atoms with Crippen molar-refractivity contribution in [3.05, 3.63) is 42.1 Å². The number of aryl methyl sites for hydroxylation is 1. The minimum absolute atomic E-state index is 0.824. The van der Waals surface area contributed by atoms with Crippen LogP contribution in [0.5, 0.6) is 0 Å². The van der Waals surface area contributed by atoms with Crippen molar-refractivity contribution in [2.75, 3.05) is 44.7 Å². The Morgan fingerprint density at radius 3 is 2.65 bits per heavy atom. The summed E-state index contributed by atoms with van der Waals surface area (Å²) in [6, 6.07) is 4.00. The third-order valence-electron chi connectivity index (χ3n) is 5.04. The van der Waals surface area contributed by atoms with Crippen molar-refractivity contribution < 1.29 is 4.74 Å². The predicted molar refractivity (Wildman–Crippen MR) is 102 cm³/mol. The van der Waals surface area contributed by atoms with Gasteiger partial charge in [-0.25, -0.2) is 9.97 Å². The lowest BCUT2D eigenvalue weighted by atomic mass is 10.2. The van der Waals surface area contributed by atoms with Gasteiger partial charge in [-0.3, -0.25) is 14.5 Å². The second kappa shape index (κ2) is 7.39. The number of nitrogens with zero attached hydrogens (tertiary/aromatic N) is 5. The molecule has 1 N–H and O–H groups in total. The van der Waals surface area contributed by atoms with Gasteiger partial charge in [-0.2, -0.15) is 0 Å². The minimum Gasteiger partial charge on any atom is -0.379 e. The molecule has 3 aromatic rings. The summed E-state index contributed by atoms with van der Waals surface area (Å²) in [5, 5.41) is 4.60. The van der Waals surface area contributed by atoms with Crippen molar-refractivity contribution in [3.63, 3.8) is 0 Å². The third kappa shape index (κ3) is 3.15. The lowest BCUT2D eigenvalue weighted by molar-refractivity contribution is 0.0398. The van der Waals surface area contributed by atoms with Gasteiger partial charge >= 0.3 is 0 Å². The number of fused-ring (bicyclic) bond motifs is 1. The van der Waals surface area contributed by atoms with E-state index < -0.39 is 0 Å². The zero-order valence-corrected chi connectivity index (χ0v) is 15.3. The van der Waals surface area contributed by atoms with Crippen molar-refractivity contribution in [2.24, 2.45) is 0 Å². The number of pyridine rings is 1. The summed E-state index contributed by atoms with van der Waals surface area (Å²) in [6.45, 7) is 9.73. The smallest absolute Gasteiger partial charge is 0.150 e. The van der Waals surface area contributed by atoms with E-state index in [2.05, 4.69) is 43.6 Å². The molecule has 26 heavy (non-hydrogen) atoms. The van der Waals surface area contributed by atoms with Crippen LogP contribution in [0.2, 0.25) is 0 Å². The van der Waals surface area contributed by atoms with E-state index in [4.69, 9.17) is 4.74 Å². The first kappa shape index (κ1) is 16.9. The molecule has 1 aliphatic rings. The predicted octanol–water partition coefficient (Wildman–Crippen LogP) is 2.18. The standard InChI is InChI=1S/C19H24N6O/c1-14-15(2)25(16-3-5-20-6-4-16)19-17(14)18(22-13-23-19)21-7-8-24-9-11-26-12-10-24/h3-6,13H,7-12H2,1-2H3,(H,21,22,23). The van der Waals surface area contributed by atoms with E-state index in [1.807, 2.05) is 12.1 Å². The van der Waals surface area contributed by atoms with Gasteiger partial charge in [0.25, 0.3) is 0 Å². The monoisotopic (exact) mass is 352 g/mol. The van der Waals surface area contributed by atoms with Crippen LogP contribution in [0.25, 0.3) is 16.7 Å². The normalized spacial score (nSPS) is 15.5. The lowest BCUT2D eigenvalue weighted by Gasteiger charge is -2.26. The molecule has 0 spiro atoms. The van der Waals surface area contributed by atoms with Gasteiger partial charge in [-0.05, 0) is 31.5 Å². The average Bonchev–Trinajstić information content (AvgIpc) is 2.95. The molecular weight excluding hydrogens is 328 g/mol. The highest BCUT2D eigenvalue weighted by molar-refractivity contribution is 5.93. The lowest BCUT2D eigenvalue weighted by Crippen LogP contribution is -2.39. The van der Waals surface area contributed by atoms with Crippen molar-refractivity contribution in [3.8, 4) is 5.69 Å². The third-order valence-corrected chi connectivity index (χ3v) is 5.04. The highest BCUT2D eigenvalue weighted by atomic mass is 16.5. The quantitative estimate of drug-likeness (QED) is 0.759. The van der Waals surface area contributed by atoms with E-state index in [0.717, 1.165) is 61.9 Å². The highest BCUT2D eigenvalue weighted by Crippen LogP contribution is 2.30. The molecule has 1 fully saturated rings. The number of hydrogen-bond acceptors (Lipinski definition) is 6. The molecule has 0 unspecified atom stereocenters. The fourth-order valence-corrected chi connectivity index (χ4v) is 3.50. The molecule has 0 atom stereocenters. The van der Waals surface area contributed by atoms with Crippen molar-refractivity contribution >= 4 is 16.9 Å². The molecule has 0 amide bonds. The molecule has 1 saturated heterocycles. The first-order chi connectivity index (χ1) is 12.8. The maximum Gasteiger partial charge on any atom is 0.150 e. The molecule has 0 bridgehead atoms. The summed E-state index contributed by atoms with van der Waals surface area (Å²) in [5.74, 6) is 0.900. The van der Waals surface area contributed by atoms with E-state index in [-0.39, 0.29) is 0 Å². The second-order valence-corrected chi connectivity index (χ2v) is 6.55. The van der Waals surface area contributed by atoms with Crippen LogP contribution < -0.4 is 5.32 Å². The van der Waals surface area contributed by atoms with Crippen LogP contribution in [0.1, 0.15) is 11.3 Å². The number of morpholine rings is 1. The van der Waals surface area contributed by atoms with Crippen LogP contribution >= 0.6 is 0 Å². The van der Waals surface area contributed by atoms with Gasteiger partial charge in [0.1, 0.15) is 12.1 Å². The molecule has 4 rings (SSSR count). The number of aromatic nitrogens is 4. The molecule has 7 nitrogen and oxygen atoms in total. The van der Waals surface area contributed by atoms with E-state index in [1.54, 1.807) is 18.7 Å². The van der Waals surface area contributed by atoms with Crippen LogP contribution in [0, 0.1) is 13.8 Å². The van der Waals surface area contributed by atoms with E-state index in [0.29, 0.717) is 0 Å². The first-order valence-corrected chi connectivity index (χ1v) is 9.02. The minimum atomic E-state index is 0.824. The number of ether oxygens (including phenoxy) is 1. The maximum absolute atomic E-state index is 5.41. The molecule has 4 heterocycles. The second-order valence-electron chi connectivity index (χ2n) is 6.55. The Balaban J connectivity index is 1.62. The largest absolute Gasteiger partial charge is 0.379 e. The molecule has 0 saturated carbocycles. The van der Waals surface area contributed by atoms with Crippen LogP contribution in [0.15, 0.2) is 30.9 Å². The number of hydrogen-bond donors (Lipinski definition) is 1. The maximum atomic E-state index is 5.41. The van der Waals surface area contributed by atoms with Crippen molar-refractivity contribution in [2.45, 2.75) is 13.8 Å². The Labute approximate surface area is 153 Å². The molecule has 0 aliphatic carbocycles. The zero-order chi connectivity index (χ0) is 17.9. The van der Waals surface area contributed by atoms with Crippen LogP contribution in [0.4, 0.5) is 5.82 Å². The van der Waals surface area contributed by atoms with Crippen LogP contribution in [-0.4, -0.2) is 63.8 Å². The Morgan fingerprint density at radius 2 is 1.88 bits per heavy atom. The summed E-state index contributed by atoms with van der Waals surface area (Å²) in [4.78, 5) is 15.6. The number of anilines is 1. The van der Waals surface area contributed by atoms with Gasteiger partial charge in [0, 0.05) is 44.3 Å². The van der Waals surface area contributed by atoms with E-state index in [9.17, 15) is 0 Å². The van der Waals surface area contributed by atoms with Crippen LogP contribution in [0.3, 0.4) is 0 Å². The Morgan fingerprint density at radius 1 is 1.12 bits per heavy atom. The van der Waals surface area contributed by atoms with Crippen LogP contribution in [-0.2, 0) is 4.74 Å². The Kier molecular flexibility index (Phi) is 4.81. The Bertz CT molecular complexity index is 886. The number of nitrogens with one attached hydrogen (secondary N) is 1. The van der Waals surface area contributed by atoms with Gasteiger partial charge < -0.3 is 10.1 Å².